The summed E-state index contributed by atoms with van der Waals surface area (Å²) in [6.45, 7) is 1.67. The quantitative estimate of drug-likeness (QED) is 0.592. The first kappa shape index (κ1) is 20.0. The Hall–Kier alpha value is -3.32. The number of hydrogen-bond acceptors (Lipinski definition) is 4. The standard InChI is InChI=1S/C22H18ClFN2O4/c1-10-16(22(28)30-3)18(17-13-5-4-6-14(23)19(13)26-21(17)27)20(25-10)12-8-7-11(29-2)9-15(12)24/h4-9,17,25H,1-3H3,(H,26,27)/t17-/m0/s1. The summed E-state index contributed by atoms with van der Waals surface area (Å²) < 4.78 is 25.0. The fourth-order valence-electron chi connectivity index (χ4n) is 3.87. The van der Waals surface area contributed by atoms with E-state index in [1.54, 1.807) is 31.2 Å². The molecular formula is C22H18ClFN2O4. The second-order valence-corrected chi connectivity index (χ2v) is 7.28. The summed E-state index contributed by atoms with van der Waals surface area (Å²) in [5.74, 6) is -2.06. The van der Waals surface area contributed by atoms with E-state index in [-0.39, 0.29) is 17.0 Å². The molecule has 0 bridgehead atoms. The molecule has 0 fully saturated rings. The van der Waals surface area contributed by atoms with Crippen LogP contribution >= 0.6 is 11.6 Å². The van der Waals surface area contributed by atoms with E-state index >= 15 is 0 Å². The van der Waals surface area contributed by atoms with Crippen LogP contribution in [0.3, 0.4) is 0 Å². The van der Waals surface area contributed by atoms with Gasteiger partial charge < -0.3 is 19.8 Å². The van der Waals surface area contributed by atoms with E-state index in [2.05, 4.69) is 10.3 Å². The highest BCUT2D eigenvalue weighted by Gasteiger charge is 2.39. The Morgan fingerprint density at radius 1 is 1.20 bits per heavy atom. The fourth-order valence-corrected chi connectivity index (χ4v) is 4.10. The van der Waals surface area contributed by atoms with Gasteiger partial charge in [-0.05, 0) is 30.7 Å². The Balaban J connectivity index is 2.01. The first-order valence-corrected chi connectivity index (χ1v) is 9.49. The molecule has 1 atom stereocenters. The number of aromatic amines is 1. The molecule has 4 rings (SSSR count). The highest BCUT2D eigenvalue weighted by Crippen LogP contribution is 2.46. The van der Waals surface area contributed by atoms with Gasteiger partial charge in [-0.2, -0.15) is 0 Å². The molecule has 2 aromatic carbocycles. The van der Waals surface area contributed by atoms with Gasteiger partial charge in [0.15, 0.2) is 0 Å². The summed E-state index contributed by atoms with van der Waals surface area (Å²) in [7, 11) is 2.70. The number of rotatable bonds is 4. The Morgan fingerprint density at radius 3 is 2.63 bits per heavy atom. The molecule has 1 amide bonds. The summed E-state index contributed by atoms with van der Waals surface area (Å²) in [4.78, 5) is 28.7. The largest absolute Gasteiger partial charge is 0.497 e. The number of nitrogens with one attached hydrogen (secondary N) is 2. The molecule has 0 spiro atoms. The molecule has 30 heavy (non-hydrogen) atoms. The van der Waals surface area contributed by atoms with Crippen LogP contribution in [0.5, 0.6) is 5.75 Å². The molecule has 154 valence electrons. The van der Waals surface area contributed by atoms with Crippen LogP contribution in [0.25, 0.3) is 11.3 Å². The van der Waals surface area contributed by atoms with Crippen molar-refractivity contribution in [3.8, 4) is 17.0 Å². The normalized spacial score (nSPS) is 15.0. The lowest BCUT2D eigenvalue weighted by atomic mass is 9.87. The molecule has 0 aliphatic carbocycles. The number of aromatic nitrogens is 1. The van der Waals surface area contributed by atoms with Gasteiger partial charge >= 0.3 is 5.97 Å². The van der Waals surface area contributed by atoms with Gasteiger partial charge in [0.2, 0.25) is 5.91 Å². The fraction of sp³-hybridized carbons (Fsp3) is 0.182. The average molecular weight is 429 g/mol. The molecular weight excluding hydrogens is 411 g/mol. The van der Waals surface area contributed by atoms with Gasteiger partial charge in [-0.3, -0.25) is 4.79 Å². The molecule has 0 saturated carbocycles. The first-order chi connectivity index (χ1) is 14.4. The van der Waals surface area contributed by atoms with Gasteiger partial charge in [0.05, 0.1) is 42.1 Å². The van der Waals surface area contributed by atoms with Crippen LogP contribution in [-0.4, -0.2) is 31.1 Å². The van der Waals surface area contributed by atoms with E-state index in [0.29, 0.717) is 39.0 Å². The number of amides is 1. The summed E-state index contributed by atoms with van der Waals surface area (Å²) >= 11 is 6.25. The van der Waals surface area contributed by atoms with Crippen molar-refractivity contribution in [2.24, 2.45) is 0 Å². The minimum absolute atomic E-state index is 0.190. The topological polar surface area (TPSA) is 80.4 Å². The van der Waals surface area contributed by atoms with Crippen molar-refractivity contribution in [2.75, 3.05) is 19.5 Å². The summed E-state index contributed by atoms with van der Waals surface area (Å²) in [6.07, 6.45) is 0. The van der Waals surface area contributed by atoms with Crippen molar-refractivity contribution in [1.82, 2.24) is 4.98 Å². The first-order valence-electron chi connectivity index (χ1n) is 9.11. The van der Waals surface area contributed by atoms with Crippen molar-refractivity contribution < 1.29 is 23.5 Å². The maximum absolute atomic E-state index is 14.9. The minimum Gasteiger partial charge on any atom is -0.497 e. The third kappa shape index (κ3) is 3.02. The van der Waals surface area contributed by atoms with Crippen LogP contribution in [0.2, 0.25) is 5.02 Å². The number of methoxy groups -OCH3 is 2. The van der Waals surface area contributed by atoms with Gasteiger partial charge in [0, 0.05) is 22.9 Å². The molecule has 0 radical (unpaired) electrons. The lowest BCUT2D eigenvalue weighted by Crippen LogP contribution is -2.17. The van der Waals surface area contributed by atoms with Gasteiger partial charge in [-0.25, -0.2) is 9.18 Å². The number of H-pyrrole nitrogens is 1. The van der Waals surface area contributed by atoms with Crippen LogP contribution < -0.4 is 10.1 Å². The van der Waals surface area contributed by atoms with E-state index in [0.717, 1.165) is 0 Å². The van der Waals surface area contributed by atoms with Gasteiger partial charge in [-0.1, -0.05) is 23.7 Å². The van der Waals surface area contributed by atoms with Gasteiger partial charge in [0.1, 0.15) is 11.6 Å². The molecule has 1 aromatic heterocycles. The predicted molar refractivity (Wildman–Crippen MR) is 111 cm³/mol. The average Bonchev–Trinajstić information content (AvgIpc) is 3.23. The van der Waals surface area contributed by atoms with Crippen LogP contribution in [-0.2, 0) is 9.53 Å². The highest BCUT2D eigenvalue weighted by molar-refractivity contribution is 6.34. The zero-order chi connectivity index (χ0) is 21.6. The Labute approximate surface area is 177 Å². The van der Waals surface area contributed by atoms with Crippen LogP contribution in [0.4, 0.5) is 10.1 Å². The van der Waals surface area contributed by atoms with E-state index in [1.807, 2.05) is 0 Å². The molecule has 2 N–H and O–H groups in total. The number of fused-ring (bicyclic) bond motifs is 1. The van der Waals surface area contributed by atoms with Crippen molar-refractivity contribution in [1.29, 1.82) is 0 Å². The second kappa shape index (κ2) is 7.50. The third-order valence-electron chi connectivity index (χ3n) is 5.22. The second-order valence-electron chi connectivity index (χ2n) is 6.88. The SMILES string of the molecule is COC(=O)c1c(C)[nH]c(-c2ccc(OC)cc2F)c1[C@H]1C(=O)Nc2c(Cl)cccc21. The summed E-state index contributed by atoms with van der Waals surface area (Å²) in [6, 6.07) is 9.52. The number of ether oxygens (including phenoxy) is 2. The molecule has 0 saturated heterocycles. The van der Waals surface area contributed by atoms with Crippen LogP contribution in [0.15, 0.2) is 36.4 Å². The Morgan fingerprint density at radius 2 is 1.97 bits per heavy atom. The molecule has 1 aliphatic heterocycles. The minimum atomic E-state index is -0.866. The molecule has 0 unspecified atom stereocenters. The predicted octanol–water partition coefficient (Wildman–Crippen LogP) is 4.66. The molecule has 8 heteroatoms. The molecule has 1 aliphatic rings. The number of halogens is 2. The maximum Gasteiger partial charge on any atom is 0.340 e. The zero-order valence-corrected chi connectivity index (χ0v) is 17.2. The number of anilines is 1. The van der Waals surface area contributed by atoms with Crippen molar-refractivity contribution in [2.45, 2.75) is 12.8 Å². The summed E-state index contributed by atoms with van der Waals surface area (Å²) in [5, 5.41) is 3.15. The number of hydrogen-bond donors (Lipinski definition) is 2. The zero-order valence-electron chi connectivity index (χ0n) is 16.4. The smallest absolute Gasteiger partial charge is 0.340 e. The van der Waals surface area contributed by atoms with Crippen molar-refractivity contribution in [3.05, 3.63) is 69.6 Å². The van der Waals surface area contributed by atoms with Crippen LogP contribution in [0, 0.1) is 12.7 Å². The maximum atomic E-state index is 14.9. The van der Waals surface area contributed by atoms with Crippen molar-refractivity contribution >= 4 is 29.2 Å². The molecule has 3 aromatic rings. The number of carbonyl (C=O) groups is 2. The van der Waals surface area contributed by atoms with Crippen molar-refractivity contribution in [3.63, 3.8) is 0 Å². The number of para-hydroxylation sites is 1. The highest BCUT2D eigenvalue weighted by atomic mass is 35.5. The van der Waals surface area contributed by atoms with E-state index in [9.17, 15) is 14.0 Å². The third-order valence-corrected chi connectivity index (χ3v) is 5.53. The Kier molecular flexibility index (Phi) is 4.99. The summed E-state index contributed by atoms with van der Waals surface area (Å²) in [5.41, 5.74) is 2.59. The Bertz CT molecular complexity index is 1190. The number of benzene rings is 2. The number of aryl methyl sites for hydroxylation is 1. The van der Waals surface area contributed by atoms with E-state index in [4.69, 9.17) is 21.1 Å². The van der Waals surface area contributed by atoms with E-state index < -0.39 is 17.7 Å². The van der Waals surface area contributed by atoms with E-state index in [1.165, 1.54) is 26.4 Å². The monoisotopic (exact) mass is 428 g/mol. The van der Waals surface area contributed by atoms with Gasteiger partial charge in [0.25, 0.3) is 0 Å². The van der Waals surface area contributed by atoms with Crippen LogP contribution in [0.1, 0.15) is 33.1 Å². The van der Waals surface area contributed by atoms with Gasteiger partial charge in [-0.15, -0.1) is 0 Å². The lowest BCUT2D eigenvalue weighted by molar-refractivity contribution is -0.116. The molecule has 2 heterocycles. The molecule has 6 nitrogen and oxygen atoms in total. The lowest BCUT2D eigenvalue weighted by Gasteiger charge is -2.14. The number of esters is 1. The number of carbonyl (C=O) groups excluding carboxylic acids is 2.